The quantitative estimate of drug-likeness (QED) is 0.261. The van der Waals surface area contributed by atoms with E-state index >= 15 is 0 Å². The fourth-order valence-corrected chi connectivity index (χ4v) is 5.39. The van der Waals surface area contributed by atoms with E-state index in [1.807, 2.05) is 53.9 Å². The number of thioether (sulfide) groups is 1. The molecule has 0 fully saturated rings. The van der Waals surface area contributed by atoms with Gasteiger partial charge in [0.05, 0.1) is 21.5 Å². The molecule has 0 saturated carbocycles. The van der Waals surface area contributed by atoms with Crippen molar-refractivity contribution in [1.82, 2.24) is 9.97 Å². The van der Waals surface area contributed by atoms with E-state index in [2.05, 4.69) is 22.1 Å². The van der Waals surface area contributed by atoms with E-state index in [-0.39, 0.29) is 0 Å². The van der Waals surface area contributed by atoms with Gasteiger partial charge in [-0.1, -0.05) is 47.6 Å². The molecule has 27 heavy (non-hydrogen) atoms. The first-order valence-electron chi connectivity index (χ1n) is 8.02. The summed E-state index contributed by atoms with van der Waals surface area (Å²) in [5.74, 6) is 0.732. The molecular formula is C20H12ClN3S3. The Kier molecular flexibility index (Phi) is 5.55. The number of rotatable bonds is 5. The monoisotopic (exact) mass is 425 g/mol. The highest BCUT2D eigenvalue weighted by Gasteiger charge is 2.10. The minimum atomic E-state index is 0.554. The normalized spacial score (nSPS) is 11.6. The molecule has 0 aliphatic heterocycles. The van der Waals surface area contributed by atoms with Crippen LogP contribution in [-0.2, 0) is 5.75 Å². The van der Waals surface area contributed by atoms with E-state index < -0.39 is 0 Å². The van der Waals surface area contributed by atoms with Gasteiger partial charge >= 0.3 is 0 Å². The first kappa shape index (κ1) is 18.2. The highest BCUT2D eigenvalue weighted by molar-refractivity contribution is 8.00. The second-order valence-corrected chi connectivity index (χ2v) is 9.15. The van der Waals surface area contributed by atoms with Crippen LogP contribution in [0.5, 0.6) is 0 Å². The van der Waals surface area contributed by atoms with Crippen molar-refractivity contribution in [1.29, 1.82) is 5.26 Å². The van der Waals surface area contributed by atoms with Crippen LogP contribution in [0.3, 0.4) is 0 Å². The van der Waals surface area contributed by atoms with Gasteiger partial charge < -0.3 is 0 Å². The Morgan fingerprint density at radius 3 is 2.74 bits per heavy atom. The zero-order chi connectivity index (χ0) is 18.6. The standard InChI is InChI=1S/C20H12ClN3S3/c21-15-7-5-13(6-8-15)9-14(10-22)19-23-16(11-25-19)12-26-20-24-17-3-1-2-4-18(17)27-20/h1-9,11H,12H2. The summed E-state index contributed by atoms with van der Waals surface area (Å²) < 4.78 is 2.22. The maximum absolute atomic E-state index is 9.50. The summed E-state index contributed by atoms with van der Waals surface area (Å²) in [4.78, 5) is 9.25. The largest absolute Gasteiger partial charge is 0.239 e. The molecule has 7 heteroatoms. The van der Waals surface area contributed by atoms with Gasteiger partial charge in [0.2, 0.25) is 0 Å². The smallest absolute Gasteiger partial charge is 0.151 e. The zero-order valence-corrected chi connectivity index (χ0v) is 17.1. The van der Waals surface area contributed by atoms with Crippen LogP contribution < -0.4 is 0 Å². The molecule has 0 bridgehead atoms. The average Bonchev–Trinajstić information content (AvgIpc) is 3.32. The van der Waals surface area contributed by atoms with Crippen molar-refractivity contribution in [2.45, 2.75) is 10.1 Å². The molecule has 0 atom stereocenters. The molecule has 2 heterocycles. The summed E-state index contributed by atoms with van der Waals surface area (Å²) in [6, 6.07) is 17.8. The van der Waals surface area contributed by atoms with Crippen LogP contribution in [0.4, 0.5) is 0 Å². The highest BCUT2D eigenvalue weighted by atomic mass is 35.5. The summed E-state index contributed by atoms with van der Waals surface area (Å²) in [5.41, 5.74) is 3.47. The number of benzene rings is 2. The van der Waals surface area contributed by atoms with Crippen LogP contribution in [0.15, 0.2) is 58.3 Å². The lowest BCUT2D eigenvalue weighted by Gasteiger charge is -1.96. The Bertz CT molecular complexity index is 1120. The second-order valence-electron chi connectivity index (χ2n) is 5.60. The third-order valence-electron chi connectivity index (χ3n) is 3.70. The molecule has 0 amide bonds. The van der Waals surface area contributed by atoms with Gasteiger partial charge in [0, 0.05) is 16.2 Å². The molecule has 0 radical (unpaired) electrons. The minimum absolute atomic E-state index is 0.554. The number of para-hydroxylation sites is 1. The fraction of sp³-hybridized carbons (Fsp3) is 0.0500. The third kappa shape index (κ3) is 4.40. The van der Waals surface area contributed by atoms with Crippen molar-refractivity contribution in [3.05, 3.63) is 75.2 Å². The Labute approximate surface area is 174 Å². The number of halogens is 1. The Hall–Kier alpha value is -2.17. The summed E-state index contributed by atoms with van der Waals surface area (Å²) >= 11 is 10.8. The van der Waals surface area contributed by atoms with Crippen LogP contribution in [-0.4, -0.2) is 9.97 Å². The first-order chi connectivity index (χ1) is 13.2. The maximum Gasteiger partial charge on any atom is 0.151 e. The van der Waals surface area contributed by atoms with Gasteiger partial charge in [-0.25, -0.2) is 9.97 Å². The molecule has 3 nitrogen and oxygen atoms in total. The van der Waals surface area contributed by atoms with Crippen LogP contribution in [0, 0.1) is 11.3 Å². The third-order valence-corrected chi connectivity index (χ3v) is 7.09. The number of nitriles is 1. The number of allylic oxidation sites excluding steroid dienone is 1. The molecular weight excluding hydrogens is 414 g/mol. The van der Waals surface area contributed by atoms with Gasteiger partial charge in [0.15, 0.2) is 4.34 Å². The highest BCUT2D eigenvalue weighted by Crippen LogP contribution is 2.32. The molecule has 4 aromatic rings. The lowest BCUT2D eigenvalue weighted by atomic mass is 10.1. The lowest BCUT2D eigenvalue weighted by molar-refractivity contribution is 1.21. The van der Waals surface area contributed by atoms with Crippen LogP contribution in [0.2, 0.25) is 5.02 Å². The SMILES string of the molecule is N#CC(=Cc1ccc(Cl)cc1)c1nc(CSc2nc3ccccc3s2)cs1. The van der Waals surface area contributed by atoms with Crippen LogP contribution >= 0.6 is 46.0 Å². The van der Waals surface area contributed by atoms with E-state index in [1.165, 1.54) is 16.0 Å². The number of hydrogen-bond donors (Lipinski definition) is 0. The Balaban J connectivity index is 1.48. The first-order valence-corrected chi connectivity index (χ1v) is 11.1. The number of nitrogens with zero attached hydrogens (tertiary/aromatic N) is 3. The fourth-order valence-electron chi connectivity index (χ4n) is 2.41. The van der Waals surface area contributed by atoms with E-state index in [0.29, 0.717) is 10.6 Å². The molecule has 0 spiro atoms. The van der Waals surface area contributed by atoms with Crippen molar-refractivity contribution in [3.8, 4) is 6.07 Å². The van der Waals surface area contributed by atoms with E-state index in [9.17, 15) is 5.26 Å². The number of aromatic nitrogens is 2. The molecule has 0 N–H and O–H groups in total. The zero-order valence-electron chi connectivity index (χ0n) is 13.9. The van der Waals surface area contributed by atoms with Gasteiger partial charge in [0.25, 0.3) is 0 Å². The van der Waals surface area contributed by atoms with Gasteiger partial charge in [-0.05, 0) is 35.9 Å². The molecule has 0 aliphatic rings. The predicted molar refractivity (Wildman–Crippen MR) is 116 cm³/mol. The molecule has 132 valence electrons. The predicted octanol–water partition coefficient (Wildman–Crippen LogP) is 6.76. The number of hydrogen-bond acceptors (Lipinski definition) is 6. The topological polar surface area (TPSA) is 49.6 Å². The Morgan fingerprint density at radius 2 is 1.96 bits per heavy atom. The number of thiazole rings is 2. The van der Waals surface area contributed by atoms with Gasteiger partial charge in [-0.2, -0.15) is 5.26 Å². The molecule has 2 aromatic heterocycles. The second kappa shape index (κ2) is 8.24. The molecule has 0 aliphatic carbocycles. The maximum atomic E-state index is 9.50. The van der Waals surface area contributed by atoms with Crippen LogP contribution in [0.1, 0.15) is 16.3 Å². The van der Waals surface area contributed by atoms with Gasteiger partial charge in [0.1, 0.15) is 11.1 Å². The number of fused-ring (bicyclic) bond motifs is 1. The summed E-state index contributed by atoms with van der Waals surface area (Å²) in [6.07, 6.45) is 1.83. The summed E-state index contributed by atoms with van der Waals surface area (Å²) in [6.45, 7) is 0. The molecule has 0 saturated heterocycles. The van der Waals surface area contributed by atoms with Gasteiger partial charge in [-0.3, -0.25) is 0 Å². The van der Waals surface area contributed by atoms with Crippen LogP contribution in [0.25, 0.3) is 21.9 Å². The molecule has 4 rings (SSSR count). The molecule has 2 aromatic carbocycles. The van der Waals surface area contributed by atoms with E-state index in [4.69, 9.17) is 11.6 Å². The van der Waals surface area contributed by atoms with Crippen molar-refractivity contribution in [2.75, 3.05) is 0 Å². The average molecular weight is 426 g/mol. The summed E-state index contributed by atoms with van der Waals surface area (Å²) in [7, 11) is 0. The Morgan fingerprint density at radius 1 is 1.15 bits per heavy atom. The van der Waals surface area contributed by atoms with Crippen molar-refractivity contribution >= 4 is 67.9 Å². The van der Waals surface area contributed by atoms with Gasteiger partial charge in [-0.15, -0.1) is 22.7 Å². The van der Waals surface area contributed by atoms with Crippen molar-refractivity contribution in [3.63, 3.8) is 0 Å². The van der Waals surface area contributed by atoms with Crippen molar-refractivity contribution in [2.24, 2.45) is 0 Å². The minimum Gasteiger partial charge on any atom is -0.239 e. The van der Waals surface area contributed by atoms with E-state index in [0.717, 1.165) is 31.9 Å². The molecule has 0 unspecified atom stereocenters. The van der Waals surface area contributed by atoms with E-state index in [1.54, 1.807) is 23.1 Å². The summed E-state index contributed by atoms with van der Waals surface area (Å²) in [5, 5.41) is 12.9. The van der Waals surface area contributed by atoms with Crippen molar-refractivity contribution < 1.29 is 0 Å². The lowest BCUT2D eigenvalue weighted by Crippen LogP contribution is -1.84.